The van der Waals surface area contributed by atoms with Crippen LogP contribution < -0.4 is 0 Å². The highest BCUT2D eigenvalue weighted by molar-refractivity contribution is 5.79. The lowest BCUT2D eigenvalue weighted by atomic mass is 10.1. The van der Waals surface area contributed by atoms with Crippen molar-refractivity contribution in [2.24, 2.45) is 0 Å². The van der Waals surface area contributed by atoms with Crippen molar-refractivity contribution in [3.8, 4) is 0 Å². The van der Waals surface area contributed by atoms with E-state index in [0.717, 1.165) is 17.0 Å². The van der Waals surface area contributed by atoms with E-state index in [0.29, 0.717) is 0 Å². The summed E-state index contributed by atoms with van der Waals surface area (Å²) >= 11 is 0. The molecular formula is C11H17N3O3. The maximum atomic E-state index is 11.8. The van der Waals surface area contributed by atoms with E-state index < -0.39 is 5.97 Å². The number of carbonyl (C=O) groups is 2. The number of hydrogen-bond acceptors (Lipinski definition) is 3. The number of nitrogens with zero attached hydrogens (tertiary/aromatic N) is 2. The number of nitrogens with one attached hydrogen (secondary N) is 1. The van der Waals surface area contributed by atoms with Crippen molar-refractivity contribution in [1.29, 1.82) is 0 Å². The Morgan fingerprint density at radius 2 is 2.06 bits per heavy atom. The summed E-state index contributed by atoms with van der Waals surface area (Å²) < 4.78 is 0. The average Bonchev–Trinajstić information content (AvgIpc) is 2.57. The van der Waals surface area contributed by atoms with Gasteiger partial charge in [-0.1, -0.05) is 0 Å². The van der Waals surface area contributed by atoms with E-state index in [-0.39, 0.29) is 25.3 Å². The number of amides is 1. The Balaban J connectivity index is 2.57. The highest BCUT2D eigenvalue weighted by Gasteiger charge is 2.15. The molecule has 0 saturated carbocycles. The summed E-state index contributed by atoms with van der Waals surface area (Å²) in [7, 11) is 1.61. The van der Waals surface area contributed by atoms with Gasteiger partial charge in [-0.15, -0.1) is 0 Å². The molecule has 1 heterocycles. The van der Waals surface area contributed by atoms with Gasteiger partial charge in [0, 0.05) is 24.8 Å². The van der Waals surface area contributed by atoms with Crippen LogP contribution in [0.5, 0.6) is 0 Å². The molecule has 0 aliphatic rings. The third-order valence-electron chi connectivity index (χ3n) is 2.70. The van der Waals surface area contributed by atoms with E-state index in [4.69, 9.17) is 5.11 Å². The number of aryl methyl sites for hydroxylation is 2. The van der Waals surface area contributed by atoms with Crippen LogP contribution in [-0.2, 0) is 16.0 Å². The minimum Gasteiger partial charge on any atom is -0.481 e. The molecule has 0 spiro atoms. The largest absolute Gasteiger partial charge is 0.481 e. The molecular weight excluding hydrogens is 222 g/mol. The molecule has 1 aromatic heterocycles. The molecule has 0 aliphatic heterocycles. The number of hydrogen-bond donors (Lipinski definition) is 2. The van der Waals surface area contributed by atoms with Gasteiger partial charge in [0.05, 0.1) is 18.5 Å². The summed E-state index contributed by atoms with van der Waals surface area (Å²) in [5.74, 6) is -1.00. The number of carbonyl (C=O) groups excluding carboxylic acids is 1. The molecule has 17 heavy (non-hydrogen) atoms. The van der Waals surface area contributed by atoms with Crippen molar-refractivity contribution in [3.63, 3.8) is 0 Å². The number of aromatic nitrogens is 2. The van der Waals surface area contributed by atoms with Crippen molar-refractivity contribution in [3.05, 3.63) is 17.0 Å². The lowest BCUT2D eigenvalue weighted by Crippen LogP contribution is -2.30. The molecule has 0 unspecified atom stereocenters. The van der Waals surface area contributed by atoms with Crippen LogP contribution in [0, 0.1) is 13.8 Å². The lowest BCUT2D eigenvalue weighted by molar-refractivity contribution is -0.138. The van der Waals surface area contributed by atoms with E-state index in [9.17, 15) is 9.59 Å². The fraction of sp³-hybridized carbons (Fsp3) is 0.545. The van der Waals surface area contributed by atoms with Crippen LogP contribution in [0.15, 0.2) is 0 Å². The molecule has 0 aliphatic carbocycles. The molecule has 1 rings (SSSR count). The summed E-state index contributed by atoms with van der Waals surface area (Å²) in [6.45, 7) is 3.92. The second-order valence-electron chi connectivity index (χ2n) is 4.05. The van der Waals surface area contributed by atoms with E-state index >= 15 is 0 Å². The van der Waals surface area contributed by atoms with E-state index in [2.05, 4.69) is 10.2 Å². The first-order chi connectivity index (χ1) is 7.91. The molecule has 2 N–H and O–H groups in total. The second kappa shape index (κ2) is 5.47. The van der Waals surface area contributed by atoms with Gasteiger partial charge in [-0.3, -0.25) is 14.7 Å². The highest BCUT2D eigenvalue weighted by Crippen LogP contribution is 2.11. The van der Waals surface area contributed by atoms with Gasteiger partial charge < -0.3 is 10.0 Å². The Hall–Kier alpha value is -1.85. The SMILES string of the molecule is Cc1n[nH]c(C)c1CC(=O)N(C)CCC(=O)O. The minimum atomic E-state index is -0.902. The Morgan fingerprint density at radius 3 is 2.53 bits per heavy atom. The first-order valence-corrected chi connectivity index (χ1v) is 5.38. The third-order valence-corrected chi connectivity index (χ3v) is 2.70. The van der Waals surface area contributed by atoms with Crippen molar-refractivity contribution in [1.82, 2.24) is 15.1 Å². The molecule has 1 amide bonds. The van der Waals surface area contributed by atoms with Crippen molar-refractivity contribution in [2.75, 3.05) is 13.6 Å². The number of aromatic amines is 1. The summed E-state index contributed by atoms with van der Waals surface area (Å²) in [5.41, 5.74) is 2.57. The number of carboxylic acid groups (broad SMARTS) is 1. The van der Waals surface area contributed by atoms with E-state index in [1.807, 2.05) is 13.8 Å². The van der Waals surface area contributed by atoms with Gasteiger partial charge in [0.15, 0.2) is 0 Å². The van der Waals surface area contributed by atoms with Crippen LogP contribution in [0.25, 0.3) is 0 Å². The predicted molar refractivity (Wildman–Crippen MR) is 61.7 cm³/mol. The maximum absolute atomic E-state index is 11.8. The Kier molecular flexibility index (Phi) is 4.25. The standard InChI is InChI=1S/C11H17N3O3/c1-7-9(8(2)13-12-7)6-10(15)14(3)5-4-11(16)17/h4-6H2,1-3H3,(H,12,13)(H,16,17). The Morgan fingerprint density at radius 1 is 1.41 bits per heavy atom. The zero-order valence-electron chi connectivity index (χ0n) is 10.3. The normalized spacial score (nSPS) is 10.3. The molecule has 0 bridgehead atoms. The molecule has 0 aromatic carbocycles. The van der Waals surface area contributed by atoms with Crippen molar-refractivity contribution < 1.29 is 14.7 Å². The molecule has 0 saturated heterocycles. The fourth-order valence-electron chi connectivity index (χ4n) is 1.51. The van der Waals surface area contributed by atoms with Gasteiger partial charge in [0.1, 0.15) is 0 Å². The Bertz CT molecular complexity index is 406. The molecule has 6 heteroatoms. The third kappa shape index (κ3) is 3.58. The maximum Gasteiger partial charge on any atom is 0.305 e. The molecule has 0 radical (unpaired) electrons. The first-order valence-electron chi connectivity index (χ1n) is 5.38. The fourth-order valence-corrected chi connectivity index (χ4v) is 1.51. The van der Waals surface area contributed by atoms with Crippen LogP contribution in [0.3, 0.4) is 0 Å². The molecule has 0 fully saturated rings. The quantitative estimate of drug-likeness (QED) is 0.783. The first kappa shape index (κ1) is 13.2. The molecule has 0 atom stereocenters. The van der Waals surface area contributed by atoms with Gasteiger partial charge in [0.2, 0.25) is 5.91 Å². The smallest absolute Gasteiger partial charge is 0.305 e. The van der Waals surface area contributed by atoms with Crippen molar-refractivity contribution >= 4 is 11.9 Å². The van der Waals surface area contributed by atoms with Crippen LogP contribution in [0.1, 0.15) is 23.4 Å². The number of carboxylic acids is 1. The monoisotopic (exact) mass is 239 g/mol. The summed E-state index contributed by atoms with van der Waals surface area (Å²) in [6, 6.07) is 0. The van der Waals surface area contributed by atoms with Crippen LogP contribution in [0.2, 0.25) is 0 Å². The number of likely N-dealkylation sites (N-methyl/N-ethyl adjacent to an activating group) is 1. The van der Waals surface area contributed by atoms with Gasteiger partial charge >= 0.3 is 5.97 Å². The van der Waals surface area contributed by atoms with Gasteiger partial charge in [-0.2, -0.15) is 5.10 Å². The zero-order chi connectivity index (χ0) is 13.0. The van der Waals surface area contributed by atoms with Crippen LogP contribution in [0.4, 0.5) is 0 Å². The lowest BCUT2D eigenvalue weighted by Gasteiger charge is -2.15. The summed E-state index contributed by atoms with van der Waals surface area (Å²) in [4.78, 5) is 23.6. The van der Waals surface area contributed by atoms with Crippen molar-refractivity contribution in [2.45, 2.75) is 26.7 Å². The molecule has 94 valence electrons. The molecule has 1 aromatic rings. The highest BCUT2D eigenvalue weighted by atomic mass is 16.4. The predicted octanol–water partition coefficient (Wildman–Crippen LogP) is 0.502. The van der Waals surface area contributed by atoms with Gasteiger partial charge in [0.25, 0.3) is 0 Å². The van der Waals surface area contributed by atoms with E-state index in [1.165, 1.54) is 4.90 Å². The average molecular weight is 239 g/mol. The molecule has 6 nitrogen and oxygen atoms in total. The topological polar surface area (TPSA) is 86.3 Å². The van der Waals surface area contributed by atoms with E-state index in [1.54, 1.807) is 7.05 Å². The number of H-pyrrole nitrogens is 1. The summed E-state index contributed by atoms with van der Waals surface area (Å²) in [5, 5.41) is 15.4. The second-order valence-corrected chi connectivity index (χ2v) is 4.05. The summed E-state index contributed by atoms with van der Waals surface area (Å²) in [6.07, 6.45) is 0.218. The van der Waals surface area contributed by atoms with Crippen LogP contribution in [-0.4, -0.2) is 45.7 Å². The van der Waals surface area contributed by atoms with Gasteiger partial charge in [-0.05, 0) is 13.8 Å². The number of rotatable bonds is 5. The zero-order valence-corrected chi connectivity index (χ0v) is 10.3. The number of aliphatic carboxylic acids is 1. The Labute approximate surface area is 99.6 Å². The van der Waals surface area contributed by atoms with Gasteiger partial charge in [-0.25, -0.2) is 0 Å². The minimum absolute atomic E-state index is 0.0361. The van der Waals surface area contributed by atoms with Crippen LogP contribution >= 0.6 is 0 Å².